The fraction of sp³-hybridized carbons (Fsp3) is 0.667. The zero-order chi connectivity index (χ0) is 10.1. The van der Waals surface area contributed by atoms with Crippen LogP contribution in [0.3, 0.4) is 0 Å². The first-order valence-electron chi connectivity index (χ1n) is 4.01. The molecule has 0 heterocycles. The van der Waals surface area contributed by atoms with E-state index in [0.29, 0.717) is 12.2 Å². The van der Waals surface area contributed by atoms with Crippen LogP contribution in [0.15, 0.2) is 12.2 Å². The lowest BCUT2D eigenvalue weighted by atomic mass is 10.4. The van der Waals surface area contributed by atoms with Crippen LogP contribution in [0.5, 0.6) is 0 Å². The fourth-order valence-corrected chi connectivity index (χ4v) is 0.254. The van der Waals surface area contributed by atoms with Crippen molar-refractivity contribution in [2.24, 2.45) is 0 Å². The van der Waals surface area contributed by atoms with Gasteiger partial charge in [-0.05, 0) is 13.8 Å². The summed E-state index contributed by atoms with van der Waals surface area (Å²) in [5.41, 5.74) is 0.451. The van der Waals surface area contributed by atoms with Crippen molar-refractivity contribution in [3.8, 4) is 0 Å². The summed E-state index contributed by atoms with van der Waals surface area (Å²) in [4.78, 5) is 11.8. The second kappa shape index (κ2) is 11.9. The van der Waals surface area contributed by atoms with Crippen LogP contribution in [0.1, 0.15) is 13.8 Å². The molecular formula is C9H20INO2. The minimum atomic E-state index is -0.312. The van der Waals surface area contributed by atoms with Gasteiger partial charge in [-0.1, -0.05) is 6.58 Å². The molecule has 3 nitrogen and oxygen atoms in total. The van der Waals surface area contributed by atoms with Crippen molar-refractivity contribution in [3.05, 3.63) is 12.2 Å². The zero-order valence-corrected chi connectivity index (χ0v) is 11.3. The number of carbonyl (C=O) groups is 1. The van der Waals surface area contributed by atoms with Gasteiger partial charge < -0.3 is 33.6 Å². The van der Waals surface area contributed by atoms with Crippen LogP contribution in [0.2, 0.25) is 0 Å². The number of carbonyl (C=O) groups excluding carboxylic acids is 1. The lowest BCUT2D eigenvalue weighted by molar-refractivity contribution is -0.836. The molecule has 0 amide bonds. The van der Waals surface area contributed by atoms with E-state index < -0.39 is 0 Å². The first-order valence-corrected chi connectivity index (χ1v) is 4.01. The Bertz CT molecular complexity index is 144. The lowest BCUT2D eigenvalue weighted by Gasteiger charge is -1.96. The molecule has 13 heavy (non-hydrogen) atoms. The van der Waals surface area contributed by atoms with Crippen LogP contribution in [0, 0.1) is 0 Å². The minimum absolute atomic E-state index is 0. The third-order valence-electron chi connectivity index (χ3n) is 0.624. The van der Waals surface area contributed by atoms with E-state index in [1.165, 1.54) is 4.90 Å². The Morgan fingerprint density at radius 3 is 1.77 bits per heavy atom. The highest BCUT2D eigenvalue weighted by molar-refractivity contribution is 5.86. The van der Waals surface area contributed by atoms with Gasteiger partial charge in [0.1, 0.15) is 0 Å². The molecule has 0 aliphatic rings. The average Bonchev–Trinajstić information content (AvgIpc) is 1.86. The molecule has 1 N–H and O–H groups in total. The van der Waals surface area contributed by atoms with Crippen molar-refractivity contribution in [3.63, 3.8) is 0 Å². The van der Waals surface area contributed by atoms with Crippen molar-refractivity contribution in [2.75, 3.05) is 27.7 Å². The SMILES string of the molecule is C=C(C)C(=O)OCC.C[NH+](C)C.[I-]. The monoisotopic (exact) mass is 301 g/mol. The van der Waals surface area contributed by atoms with Crippen LogP contribution in [0.25, 0.3) is 0 Å². The van der Waals surface area contributed by atoms with Gasteiger partial charge in [0.15, 0.2) is 0 Å². The Morgan fingerprint density at radius 2 is 1.69 bits per heavy atom. The van der Waals surface area contributed by atoms with E-state index in [4.69, 9.17) is 0 Å². The summed E-state index contributed by atoms with van der Waals surface area (Å²) in [6, 6.07) is 0. The standard InChI is InChI=1S/C6H10O2.C3H9N.HI/c1-4-8-6(7)5(2)3;1-4(2)3;/h2,4H2,1,3H3;1-3H3;1H. The van der Waals surface area contributed by atoms with Crippen molar-refractivity contribution in [1.29, 1.82) is 0 Å². The Hall–Kier alpha value is -0.100. The van der Waals surface area contributed by atoms with Gasteiger partial charge in [0, 0.05) is 5.57 Å². The maximum Gasteiger partial charge on any atom is 0.333 e. The van der Waals surface area contributed by atoms with Crippen molar-refractivity contribution < 1.29 is 38.4 Å². The molecule has 80 valence electrons. The summed E-state index contributed by atoms with van der Waals surface area (Å²) >= 11 is 0. The highest BCUT2D eigenvalue weighted by atomic mass is 127. The number of quaternary nitrogens is 1. The number of ether oxygens (including phenoxy) is 1. The quantitative estimate of drug-likeness (QED) is 0.333. The summed E-state index contributed by atoms with van der Waals surface area (Å²) < 4.78 is 4.56. The lowest BCUT2D eigenvalue weighted by Crippen LogP contribution is -3.02. The molecule has 0 spiro atoms. The molecule has 0 unspecified atom stereocenters. The Morgan fingerprint density at radius 1 is 1.38 bits per heavy atom. The average molecular weight is 301 g/mol. The fourth-order valence-electron chi connectivity index (χ4n) is 0.254. The maximum absolute atomic E-state index is 10.4. The molecule has 0 aromatic carbocycles. The molecule has 0 bridgehead atoms. The maximum atomic E-state index is 10.4. The molecular weight excluding hydrogens is 281 g/mol. The molecule has 0 rings (SSSR count). The summed E-state index contributed by atoms with van der Waals surface area (Å²) in [6.45, 7) is 7.21. The first-order chi connectivity index (χ1) is 5.41. The van der Waals surface area contributed by atoms with E-state index in [0.717, 1.165) is 0 Å². The van der Waals surface area contributed by atoms with E-state index in [1.807, 2.05) is 0 Å². The normalized spacial score (nSPS) is 7.85. The van der Waals surface area contributed by atoms with Gasteiger partial charge >= 0.3 is 5.97 Å². The van der Waals surface area contributed by atoms with Gasteiger partial charge in [-0.3, -0.25) is 0 Å². The van der Waals surface area contributed by atoms with Crippen LogP contribution >= 0.6 is 0 Å². The molecule has 0 aliphatic carbocycles. The molecule has 0 fully saturated rings. The molecule has 0 aromatic heterocycles. The smallest absolute Gasteiger partial charge is 0.333 e. The van der Waals surface area contributed by atoms with Gasteiger partial charge in [-0.25, -0.2) is 4.79 Å². The van der Waals surface area contributed by atoms with Gasteiger partial charge in [0.2, 0.25) is 0 Å². The van der Waals surface area contributed by atoms with Crippen LogP contribution < -0.4 is 28.9 Å². The third kappa shape index (κ3) is 24.5. The Kier molecular flexibility index (Phi) is 17.1. The summed E-state index contributed by atoms with van der Waals surface area (Å²) in [5.74, 6) is -0.312. The zero-order valence-electron chi connectivity index (χ0n) is 9.11. The topological polar surface area (TPSA) is 30.7 Å². The van der Waals surface area contributed by atoms with Crippen molar-refractivity contribution in [1.82, 2.24) is 0 Å². The molecule has 0 saturated carbocycles. The number of hydrogen-bond acceptors (Lipinski definition) is 2. The number of nitrogens with one attached hydrogen (secondary N) is 1. The van der Waals surface area contributed by atoms with Crippen LogP contribution in [0.4, 0.5) is 0 Å². The summed E-state index contributed by atoms with van der Waals surface area (Å²) in [5, 5.41) is 0. The number of halogens is 1. The summed E-state index contributed by atoms with van der Waals surface area (Å²) in [6.07, 6.45) is 0. The molecule has 0 atom stereocenters. The van der Waals surface area contributed by atoms with Gasteiger partial charge in [0.25, 0.3) is 0 Å². The van der Waals surface area contributed by atoms with Gasteiger partial charge in [-0.15, -0.1) is 0 Å². The highest BCUT2D eigenvalue weighted by Crippen LogP contribution is 1.89. The summed E-state index contributed by atoms with van der Waals surface area (Å²) in [7, 11) is 6.25. The minimum Gasteiger partial charge on any atom is -1.00 e. The van der Waals surface area contributed by atoms with Gasteiger partial charge in [-0.2, -0.15) is 0 Å². The highest BCUT2D eigenvalue weighted by Gasteiger charge is 1.98. The second-order valence-corrected chi connectivity index (χ2v) is 3.00. The Labute approximate surface area is 98.2 Å². The van der Waals surface area contributed by atoms with Crippen LogP contribution in [-0.2, 0) is 9.53 Å². The first kappa shape index (κ1) is 18.6. The van der Waals surface area contributed by atoms with E-state index in [9.17, 15) is 4.79 Å². The molecule has 0 aliphatic heterocycles. The van der Waals surface area contributed by atoms with E-state index in [2.05, 4.69) is 32.5 Å². The predicted octanol–water partition coefficient (Wildman–Crippen LogP) is -3.11. The third-order valence-corrected chi connectivity index (χ3v) is 0.624. The van der Waals surface area contributed by atoms with Crippen LogP contribution in [-0.4, -0.2) is 33.7 Å². The van der Waals surface area contributed by atoms with Gasteiger partial charge in [0.05, 0.1) is 27.7 Å². The second-order valence-electron chi connectivity index (χ2n) is 3.00. The molecule has 0 saturated heterocycles. The number of rotatable bonds is 2. The number of esters is 1. The number of hydrogen-bond donors (Lipinski definition) is 1. The largest absolute Gasteiger partial charge is 1.00 e. The van der Waals surface area contributed by atoms with E-state index in [1.54, 1.807) is 13.8 Å². The van der Waals surface area contributed by atoms with E-state index in [-0.39, 0.29) is 29.9 Å². The molecule has 4 heteroatoms. The Balaban J connectivity index is -0.000000173. The van der Waals surface area contributed by atoms with E-state index >= 15 is 0 Å². The van der Waals surface area contributed by atoms with Crippen molar-refractivity contribution in [2.45, 2.75) is 13.8 Å². The molecule has 0 aromatic rings. The predicted molar refractivity (Wildman–Crippen MR) is 50.2 cm³/mol. The van der Waals surface area contributed by atoms with Crippen molar-refractivity contribution >= 4 is 5.97 Å². The molecule has 0 radical (unpaired) electrons.